The van der Waals surface area contributed by atoms with Crippen LogP contribution in [0.15, 0.2) is 48.5 Å². The molecule has 7 nitrogen and oxygen atoms in total. The number of carboxylic acid groups (broad SMARTS) is 1. The van der Waals surface area contributed by atoms with Crippen LogP contribution < -0.4 is 10.6 Å². The third-order valence-corrected chi connectivity index (χ3v) is 6.64. The maximum atomic E-state index is 12.6. The molecule has 2 aliphatic carbocycles. The van der Waals surface area contributed by atoms with Crippen LogP contribution in [0.5, 0.6) is 0 Å². The molecule has 0 aliphatic heterocycles. The van der Waals surface area contributed by atoms with Crippen LogP contribution in [0.4, 0.5) is 4.79 Å². The number of aliphatic carboxylic acids is 1. The molecule has 1 fully saturated rings. The number of hydrogen-bond acceptors (Lipinski definition) is 4. The molecule has 7 heteroatoms. The van der Waals surface area contributed by atoms with Crippen molar-refractivity contribution < 1.29 is 24.2 Å². The highest BCUT2D eigenvalue weighted by atomic mass is 16.5. The van der Waals surface area contributed by atoms with Gasteiger partial charge in [-0.1, -0.05) is 55.0 Å². The van der Waals surface area contributed by atoms with Gasteiger partial charge in [0.1, 0.15) is 6.61 Å². The SMILES string of the molecule is C[C@H](CC(=O)O)NC(=O)C[C@@H]1CCC[C@H]1NC(=O)OCC1c2ccccc2-c2ccccc21. The average molecular weight is 451 g/mol. The summed E-state index contributed by atoms with van der Waals surface area (Å²) in [5.41, 5.74) is 4.69. The minimum absolute atomic E-state index is 0.00373. The van der Waals surface area contributed by atoms with Crippen LogP contribution in [-0.2, 0) is 14.3 Å². The number of ether oxygens (including phenoxy) is 1. The predicted octanol–water partition coefficient (Wildman–Crippen LogP) is 4.06. The van der Waals surface area contributed by atoms with E-state index in [1.807, 2.05) is 24.3 Å². The van der Waals surface area contributed by atoms with Crippen molar-refractivity contribution in [1.29, 1.82) is 0 Å². The van der Waals surface area contributed by atoms with E-state index in [2.05, 4.69) is 34.9 Å². The second-order valence-electron chi connectivity index (χ2n) is 9.04. The van der Waals surface area contributed by atoms with E-state index in [1.165, 1.54) is 11.1 Å². The first-order chi connectivity index (χ1) is 15.9. The molecule has 4 rings (SSSR count). The summed E-state index contributed by atoms with van der Waals surface area (Å²) < 4.78 is 5.65. The Kier molecular flexibility index (Phi) is 6.96. The monoisotopic (exact) mass is 450 g/mol. The highest BCUT2D eigenvalue weighted by Gasteiger charge is 2.32. The first-order valence-corrected chi connectivity index (χ1v) is 11.5. The molecule has 2 aromatic carbocycles. The van der Waals surface area contributed by atoms with Gasteiger partial charge in [-0.15, -0.1) is 0 Å². The molecule has 0 spiro atoms. The van der Waals surface area contributed by atoms with Gasteiger partial charge >= 0.3 is 12.1 Å². The van der Waals surface area contributed by atoms with Crippen molar-refractivity contribution in [2.24, 2.45) is 5.92 Å². The average Bonchev–Trinajstić information content (AvgIpc) is 3.33. The Morgan fingerprint density at radius 1 is 1.03 bits per heavy atom. The number of carboxylic acids is 1. The van der Waals surface area contributed by atoms with Crippen LogP contribution in [0.25, 0.3) is 11.1 Å². The van der Waals surface area contributed by atoms with E-state index in [-0.39, 0.29) is 43.2 Å². The zero-order valence-corrected chi connectivity index (χ0v) is 18.8. The number of amides is 2. The quantitative estimate of drug-likeness (QED) is 0.563. The van der Waals surface area contributed by atoms with E-state index in [0.29, 0.717) is 0 Å². The molecule has 3 N–H and O–H groups in total. The minimum Gasteiger partial charge on any atom is -0.481 e. The van der Waals surface area contributed by atoms with E-state index in [0.717, 1.165) is 30.4 Å². The van der Waals surface area contributed by atoms with Crippen LogP contribution in [0.2, 0.25) is 0 Å². The second kappa shape index (κ2) is 10.1. The van der Waals surface area contributed by atoms with E-state index >= 15 is 0 Å². The Bertz CT molecular complexity index is 991. The van der Waals surface area contributed by atoms with Gasteiger partial charge < -0.3 is 20.5 Å². The Balaban J connectivity index is 1.31. The largest absolute Gasteiger partial charge is 0.481 e. The standard InChI is InChI=1S/C26H30N2O5/c1-16(13-25(30)31)27-24(29)14-17-7-6-12-23(17)28-26(32)33-15-22-20-10-4-2-8-18(20)19-9-3-5-11-21(19)22/h2-5,8-11,16-17,22-23H,6-7,12-15H2,1H3,(H,27,29)(H,28,32)(H,30,31)/t16-,17+,23-/m1/s1. The van der Waals surface area contributed by atoms with Crippen molar-refractivity contribution in [3.8, 4) is 11.1 Å². The zero-order valence-electron chi connectivity index (χ0n) is 18.8. The molecule has 0 bridgehead atoms. The zero-order chi connectivity index (χ0) is 23.4. The lowest BCUT2D eigenvalue weighted by atomic mass is 9.98. The summed E-state index contributed by atoms with van der Waals surface area (Å²) in [6.45, 7) is 1.93. The molecule has 0 saturated heterocycles. The summed E-state index contributed by atoms with van der Waals surface area (Å²) in [5.74, 6) is -1.11. The van der Waals surface area contributed by atoms with E-state index in [1.54, 1.807) is 6.92 Å². The minimum atomic E-state index is -0.946. The van der Waals surface area contributed by atoms with Crippen molar-refractivity contribution in [3.05, 3.63) is 59.7 Å². The van der Waals surface area contributed by atoms with Gasteiger partial charge in [0.2, 0.25) is 5.91 Å². The number of alkyl carbamates (subject to hydrolysis) is 1. The maximum Gasteiger partial charge on any atom is 0.407 e. The lowest BCUT2D eigenvalue weighted by molar-refractivity contribution is -0.137. The second-order valence-corrected chi connectivity index (χ2v) is 9.04. The van der Waals surface area contributed by atoms with Crippen molar-refractivity contribution in [2.45, 2.75) is 57.0 Å². The van der Waals surface area contributed by atoms with Gasteiger partial charge in [0.25, 0.3) is 0 Å². The van der Waals surface area contributed by atoms with Gasteiger partial charge in [-0.2, -0.15) is 0 Å². The predicted molar refractivity (Wildman–Crippen MR) is 124 cm³/mol. The number of nitrogens with one attached hydrogen (secondary N) is 2. The first-order valence-electron chi connectivity index (χ1n) is 11.5. The van der Waals surface area contributed by atoms with Crippen LogP contribution in [0, 0.1) is 5.92 Å². The van der Waals surface area contributed by atoms with Gasteiger partial charge in [0, 0.05) is 24.4 Å². The molecule has 2 amide bonds. The van der Waals surface area contributed by atoms with Crippen LogP contribution in [0.3, 0.4) is 0 Å². The number of carbonyl (C=O) groups excluding carboxylic acids is 2. The van der Waals surface area contributed by atoms with Crippen LogP contribution >= 0.6 is 0 Å². The van der Waals surface area contributed by atoms with Crippen molar-refractivity contribution in [2.75, 3.05) is 6.61 Å². The fourth-order valence-electron chi connectivity index (χ4n) is 5.15. The molecule has 174 valence electrons. The summed E-state index contributed by atoms with van der Waals surface area (Å²) in [4.78, 5) is 35.7. The topological polar surface area (TPSA) is 105 Å². The number of fused-ring (bicyclic) bond motifs is 3. The molecule has 0 aromatic heterocycles. The third-order valence-electron chi connectivity index (χ3n) is 6.64. The Hall–Kier alpha value is -3.35. The van der Waals surface area contributed by atoms with Gasteiger partial charge in [-0.25, -0.2) is 4.79 Å². The van der Waals surface area contributed by atoms with Crippen LogP contribution in [0.1, 0.15) is 56.1 Å². The number of rotatable bonds is 8. The molecule has 33 heavy (non-hydrogen) atoms. The lowest BCUT2D eigenvalue weighted by Gasteiger charge is -2.22. The van der Waals surface area contributed by atoms with Gasteiger partial charge in [0.05, 0.1) is 6.42 Å². The van der Waals surface area contributed by atoms with E-state index in [9.17, 15) is 14.4 Å². The molecule has 3 atom stereocenters. The maximum absolute atomic E-state index is 12.6. The Morgan fingerprint density at radius 3 is 2.30 bits per heavy atom. The molecule has 1 saturated carbocycles. The van der Waals surface area contributed by atoms with Crippen LogP contribution in [-0.4, -0.2) is 41.8 Å². The summed E-state index contributed by atoms with van der Waals surface area (Å²) in [7, 11) is 0. The fraction of sp³-hybridized carbons (Fsp3) is 0.423. The van der Waals surface area contributed by atoms with Crippen molar-refractivity contribution in [1.82, 2.24) is 10.6 Å². The summed E-state index contributed by atoms with van der Waals surface area (Å²) in [6, 6.07) is 15.9. The lowest BCUT2D eigenvalue weighted by Crippen LogP contribution is -2.41. The van der Waals surface area contributed by atoms with Crippen molar-refractivity contribution >= 4 is 18.0 Å². The summed E-state index contributed by atoms with van der Waals surface area (Å²) in [6.07, 6.45) is 2.25. The Labute approximate surface area is 193 Å². The molecular formula is C26H30N2O5. The molecule has 0 radical (unpaired) electrons. The van der Waals surface area contributed by atoms with Crippen molar-refractivity contribution in [3.63, 3.8) is 0 Å². The fourth-order valence-corrected chi connectivity index (χ4v) is 5.15. The summed E-state index contributed by atoms with van der Waals surface area (Å²) in [5, 5.41) is 14.5. The third kappa shape index (κ3) is 5.35. The molecule has 2 aliphatic rings. The Morgan fingerprint density at radius 2 is 1.67 bits per heavy atom. The number of benzene rings is 2. The molecule has 0 heterocycles. The van der Waals surface area contributed by atoms with E-state index < -0.39 is 18.1 Å². The number of carbonyl (C=O) groups is 3. The highest BCUT2D eigenvalue weighted by molar-refractivity contribution is 5.79. The first kappa shape index (κ1) is 22.8. The van der Waals surface area contributed by atoms with E-state index in [4.69, 9.17) is 9.84 Å². The molecular weight excluding hydrogens is 420 g/mol. The smallest absolute Gasteiger partial charge is 0.407 e. The van der Waals surface area contributed by atoms with Gasteiger partial charge in [-0.05, 0) is 47.9 Å². The van der Waals surface area contributed by atoms with Gasteiger partial charge in [0.15, 0.2) is 0 Å². The molecule has 2 aromatic rings. The van der Waals surface area contributed by atoms with Gasteiger partial charge in [-0.3, -0.25) is 9.59 Å². The number of hydrogen-bond donors (Lipinski definition) is 3. The normalized spacial score (nSPS) is 19.9. The highest BCUT2D eigenvalue weighted by Crippen LogP contribution is 2.44. The molecule has 0 unspecified atom stereocenters. The summed E-state index contributed by atoms with van der Waals surface area (Å²) >= 11 is 0.